The first-order valence-electron chi connectivity index (χ1n) is 6.57. The van der Waals surface area contributed by atoms with Gasteiger partial charge in [0.2, 0.25) is 5.91 Å². The van der Waals surface area contributed by atoms with Gasteiger partial charge in [-0.3, -0.25) is 9.89 Å². The van der Waals surface area contributed by atoms with Crippen LogP contribution < -0.4 is 5.32 Å². The minimum absolute atomic E-state index is 0.0780. The predicted molar refractivity (Wildman–Crippen MR) is 71.9 cm³/mol. The summed E-state index contributed by atoms with van der Waals surface area (Å²) < 4.78 is 2.78. The SMILES string of the molecule is CC[C@H](C)C(=O)NCCc1n[nH]c(=S)n1C1CC1. The number of hydrogen-bond acceptors (Lipinski definition) is 3. The zero-order chi connectivity index (χ0) is 13.1. The molecule has 1 aromatic rings. The van der Waals surface area contributed by atoms with Crippen LogP contribution in [0, 0.1) is 10.7 Å². The van der Waals surface area contributed by atoms with Gasteiger partial charge >= 0.3 is 0 Å². The van der Waals surface area contributed by atoms with Crippen molar-refractivity contribution in [3.8, 4) is 0 Å². The van der Waals surface area contributed by atoms with E-state index in [1.165, 1.54) is 12.8 Å². The van der Waals surface area contributed by atoms with Gasteiger partial charge in [-0.1, -0.05) is 13.8 Å². The summed E-state index contributed by atoms with van der Waals surface area (Å²) in [6.45, 7) is 4.58. The Hall–Kier alpha value is -1.17. The number of nitrogens with one attached hydrogen (secondary N) is 2. The Bertz CT molecular complexity index is 475. The van der Waals surface area contributed by atoms with Crippen molar-refractivity contribution in [1.29, 1.82) is 0 Å². The molecule has 0 radical (unpaired) electrons. The van der Waals surface area contributed by atoms with Crippen molar-refractivity contribution in [1.82, 2.24) is 20.1 Å². The average Bonchev–Trinajstić information content (AvgIpc) is 3.13. The van der Waals surface area contributed by atoms with Gasteiger partial charge in [0.05, 0.1) is 0 Å². The highest BCUT2D eigenvalue weighted by Crippen LogP contribution is 2.35. The molecule has 1 fully saturated rings. The molecule has 1 amide bonds. The number of H-pyrrole nitrogens is 1. The van der Waals surface area contributed by atoms with Crippen molar-refractivity contribution in [3.63, 3.8) is 0 Å². The van der Waals surface area contributed by atoms with Crippen LogP contribution in [-0.2, 0) is 11.2 Å². The maximum absolute atomic E-state index is 11.6. The van der Waals surface area contributed by atoms with Crippen molar-refractivity contribution in [2.75, 3.05) is 6.54 Å². The third-order valence-corrected chi connectivity index (χ3v) is 3.69. The molecular formula is C12H20N4OS. The van der Waals surface area contributed by atoms with Gasteiger partial charge in [0.25, 0.3) is 0 Å². The van der Waals surface area contributed by atoms with Gasteiger partial charge in [-0.15, -0.1) is 0 Å². The van der Waals surface area contributed by atoms with E-state index in [-0.39, 0.29) is 11.8 Å². The van der Waals surface area contributed by atoms with Gasteiger partial charge in [-0.25, -0.2) is 0 Å². The molecule has 1 aliphatic rings. The molecule has 0 aliphatic heterocycles. The van der Waals surface area contributed by atoms with E-state index in [2.05, 4.69) is 20.1 Å². The van der Waals surface area contributed by atoms with Gasteiger partial charge in [0.1, 0.15) is 5.82 Å². The molecule has 0 spiro atoms. The van der Waals surface area contributed by atoms with Crippen LogP contribution in [0.2, 0.25) is 0 Å². The van der Waals surface area contributed by atoms with Gasteiger partial charge in [0, 0.05) is 24.9 Å². The molecule has 6 heteroatoms. The van der Waals surface area contributed by atoms with Crippen molar-refractivity contribution in [3.05, 3.63) is 10.6 Å². The highest BCUT2D eigenvalue weighted by molar-refractivity contribution is 7.71. The molecule has 1 atom stereocenters. The average molecular weight is 268 g/mol. The molecule has 18 heavy (non-hydrogen) atoms. The second-order valence-corrected chi connectivity index (χ2v) is 5.28. The Morgan fingerprint density at radius 2 is 2.39 bits per heavy atom. The normalized spacial score (nSPS) is 16.6. The van der Waals surface area contributed by atoms with E-state index in [4.69, 9.17) is 12.2 Å². The van der Waals surface area contributed by atoms with Crippen molar-refractivity contribution in [2.45, 2.75) is 45.6 Å². The van der Waals surface area contributed by atoms with E-state index in [0.717, 1.165) is 18.7 Å². The number of hydrogen-bond donors (Lipinski definition) is 2. The van der Waals surface area contributed by atoms with E-state index >= 15 is 0 Å². The maximum atomic E-state index is 11.6. The lowest BCUT2D eigenvalue weighted by Gasteiger charge is -2.10. The summed E-state index contributed by atoms with van der Waals surface area (Å²) in [4.78, 5) is 11.6. The van der Waals surface area contributed by atoms with Gasteiger partial charge in [-0.2, -0.15) is 5.10 Å². The minimum Gasteiger partial charge on any atom is -0.355 e. The lowest BCUT2D eigenvalue weighted by atomic mass is 10.1. The van der Waals surface area contributed by atoms with E-state index in [1.807, 2.05) is 13.8 Å². The molecule has 1 aromatic heterocycles. The fraction of sp³-hybridized carbons (Fsp3) is 0.750. The van der Waals surface area contributed by atoms with Gasteiger partial charge in [0.15, 0.2) is 4.77 Å². The summed E-state index contributed by atoms with van der Waals surface area (Å²) in [6, 6.07) is 0.525. The first-order chi connectivity index (χ1) is 8.63. The molecule has 2 N–H and O–H groups in total. The van der Waals surface area contributed by atoms with Crippen LogP contribution in [0.25, 0.3) is 0 Å². The summed E-state index contributed by atoms with van der Waals surface area (Å²) in [5, 5.41) is 10.0. The summed E-state index contributed by atoms with van der Waals surface area (Å²) in [7, 11) is 0. The molecule has 1 saturated carbocycles. The number of rotatable bonds is 6. The lowest BCUT2D eigenvalue weighted by Crippen LogP contribution is -2.31. The van der Waals surface area contributed by atoms with E-state index < -0.39 is 0 Å². The highest BCUT2D eigenvalue weighted by Gasteiger charge is 2.26. The summed E-state index contributed by atoms with van der Waals surface area (Å²) in [5.74, 6) is 1.14. The van der Waals surface area contributed by atoms with Crippen LogP contribution in [0.4, 0.5) is 0 Å². The lowest BCUT2D eigenvalue weighted by molar-refractivity contribution is -0.124. The first-order valence-corrected chi connectivity index (χ1v) is 6.97. The highest BCUT2D eigenvalue weighted by atomic mass is 32.1. The van der Waals surface area contributed by atoms with Gasteiger partial charge < -0.3 is 9.88 Å². The largest absolute Gasteiger partial charge is 0.355 e. The van der Waals surface area contributed by atoms with Crippen LogP contribution in [0.15, 0.2) is 0 Å². The van der Waals surface area contributed by atoms with Crippen molar-refractivity contribution < 1.29 is 4.79 Å². The van der Waals surface area contributed by atoms with Crippen LogP contribution in [0.5, 0.6) is 0 Å². The zero-order valence-corrected chi connectivity index (χ0v) is 11.7. The van der Waals surface area contributed by atoms with E-state index in [1.54, 1.807) is 0 Å². The van der Waals surface area contributed by atoms with E-state index in [9.17, 15) is 4.79 Å². The van der Waals surface area contributed by atoms with Crippen LogP contribution in [-0.4, -0.2) is 27.2 Å². The molecular weight excluding hydrogens is 248 g/mol. The third-order valence-electron chi connectivity index (χ3n) is 3.40. The molecule has 0 bridgehead atoms. The summed E-state index contributed by atoms with van der Waals surface area (Å²) in [6.07, 6.45) is 3.96. The minimum atomic E-state index is 0.0780. The Morgan fingerprint density at radius 1 is 1.67 bits per heavy atom. The fourth-order valence-electron chi connectivity index (χ4n) is 1.88. The van der Waals surface area contributed by atoms with Crippen molar-refractivity contribution >= 4 is 18.1 Å². The second-order valence-electron chi connectivity index (χ2n) is 4.90. The number of carbonyl (C=O) groups is 1. The number of aromatic nitrogens is 3. The number of carbonyl (C=O) groups excluding carboxylic acids is 1. The molecule has 0 saturated heterocycles. The Balaban J connectivity index is 1.87. The molecule has 1 heterocycles. The van der Waals surface area contributed by atoms with Crippen LogP contribution >= 0.6 is 12.2 Å². The topological polar surface area (TPSA) is 62.7 Å². The number of aromatic amines is 1. The Kier molecular flexibility index (Phi) is 4.16. The second kappa shape index (κ2) is 5.65. The maximum Gasteiger partial charge on any atom is 0.222 e. The summed E-state index contributed by atoms with van der Waals surface area (Å²) >= 11 is 5.21. The Morgan fingerprint density at radius 3 is 3.00 bits per heavy atom. The van der Waals surface area contributed by atoms with E-state index in [0.29, 0.717) is 17.4 Å². The molecule has 1 aliphatic carbocycles. The third kappa shape index (κ3) is 2.98. The monoisotopic (exact) mass is 268 g/mol. The standard InChI is InChI=1S/C12H20N4OS/c1-3-8(2)11(17)13-7-6-10-14-15-12(18)16(10)9-4-5-9/h8-9H,3-7H2,1-2H3,(H,13,17)(H,15,18)/t8-/m0/s1. The Labute approximate surface area is 112 Å². The molecule has 2 rings (SSSR count). The number of nitrogens with zero attached hydrogens (tertiary/aromatic N) is 2. The number of amides is 1. The van der Waals surface area contributed by atoms with Gasteiger partial charge in [-0.05, 0) is 31.5 Å². The predicted octanol–water partition coefficient (Wildman–Crippen LogP) is 1.98. The van der Waals surface area contributed by atoms with Crippen LogP contribution in [0.3, 0.4) is 0 Å². The quantitative estimate of drug-likeness (QED) is 0.775. The molecule has 5 nitrogen and oxygen atoms in total. The molecule has 100 valence electrons. The smallest absolute Gasteiger partial charge is 0.222 e. The van der Waals surface area contributed by atoms with Crippen LogP contribution in [0.1, 0.15) is 45.0 Å². The molecule has 0 aromatic carbocycles. The summed E-state index contributed by atoms with van der Waals surface area (Å²) in [5.41, 5.74) is 0. The van der Waals surface area contributed by atoms with Crippen molar-refractivity contribution in [2.24, 2.45) is 5.92 Å². The molecule has 0 unspecified atom stereocenters. The zero-order valence-electron chi connectivity index (χ0n) is 10.9. The first kappa shape index (κ1) is 13.3. The fourth-order valence-corrected chi connectivity index (χ4v) is 2.18.